The molecule has 0 fully saturated rings. The van der Waals surface area contributed by atoms with Crippen LogP contribution in [0.25, 0.3) is 0 Å². The van der Waals surface area contributed by atoms with Crippen molar-refractivity contribution in [2.75, 3.05) is 0 Å². The molecule has 1 N–H and O–H groups in total. The Kier molecular flexibility index (Phi) is 4.20. The maximum atomic E-state index is 9.05. The molecule has 88 valence electrons. The molecule has 0 saturated heterocycles. The summed E-state index contributed by atoms with van der Waals surface area (Å²) in [4.78, 5) is 4.11. The summed E-state index contributed by atoms with van der Waals surface area (Å²) in [6.45, 7) is -0.206. The molecule has 2 rings (SSSR count). The minimum atomic E-state index is -0.206. The van der Waals surface area contributed by atoms with E-state index in [9.17, 15) is 0 Å². The first-order valence-corrected chi connectivity index (χ1v) is 6.34. The van der Waals surface area contributed by atoms with E-state index < -0.39 is 0 Å². The zero-order valence-electron chi connectivity index (χ0n) is 8.73. The third kappa shape index (κ3) is 3.31. The molecular formula is C12H9ClINO2. The number of nitrogens with zero attached hydrogens (tertiary/aromatic N) is 1. The fourth-order valence-electron chi connectivity index (χ4n) is 1.28. The lowest BCUT2D eigenvalue weighted by Gasteiger charge is -2.07. The third-order valence-electron chi connectivity index (χ3n) is 2.06. The van der Waals surface area contributed by atoms with Gasteiger partial charge in [0.05, 0.1) is 17.3 Å². The standard InChI is InChI=1S/C12H9ClINO2/c13-10-4-5-12(15-11(10)7-16)17-9-3-1-2-8(14)6-9/h1-6,16H,7H2. The molecule has 0 saturated carbocycles. The predicted octanol–water partition coefficient (Wildman–Crippen LogP) is 3.62. The van der Waals surface area contributed by atoms with Gasteiger partial charge in [0.1, 0.15) is 5.75 Å². The normalized spacial score (nSPS) is 10.3. The molecule has 0 aliphatic carbocycles. The summed E-state index contributed by atoms with van der Waals surface area (Å²) in [6.07, 6.45) is 0. The molecular weight excluding hydrogens is 352 g/mol. The van der Waals surface area contributed by atoms with Crippen LogP contribution >= 0.6 is 34.2 Å². The minimum absolute atomic E-state index is 0.206. The molecule has 1 heterocycles. The van der Waals surface area contributed by atoms with Crippen LogP contribution in [0.4, 0.5) is 0 Å². The summed E-state index contributed by atoms with van der Waals surface area (Å²) in [6, 6.07) is 10.9. The second-order valence-corrected chi connectivity index (χ2v) is 4.95. The Morgan fingerprint density at radius 2 is 2.12 bits per heavy atom. The quantitative estimate of drug-likeness (QED) is 0.849. The Morgan fingerprint density at radius 3 is 2.82 bits per heavy atom. The number of aliphatic hydroxyl groups excluding tert-OH is 1. The van der Waals surface area contributed by atoms with Crippen LogP contribution in [0, 0.1) is 3.57 Å². The summed E-state index contributed by atoms with van der Waals surface area (Å²) in [5, 5.41) is 9.48. The molecule has 2 aromatic rings. The van der Waals surface area contributed by atoms with Crippen LogP contribution in [0.1, 0.15) is 5.69 Å². The van der Waals surface area contributed by atoms with E-state index in [-0.39, 0.29) is 6.61 Å². The Labute approximate surface area is 118 Å². The van der Waals surface area contributed by atoms with Crippen molar-refractivity contribution in [3.8, 4) is 11.6 Å². The van der Waals surface area contributed by atoms with E-state index in [1.165, 1.54) is 0 Å². The Hall–Kier alpha value is -0.850. The van der Waals surface area contributed by atoms with Crippen LogP contribution in [0.3, 0.4) is 0 Å². The van der Waals surface area contributed by atoms with Gasteiger partial charge in [0.25, 0.3) is 0 Å². The molecule has 0 aliphatic rings. The summed E-state index contributed by atoms with van der Waals surface area (Å²) >= 11 is 8.05. The van der Waals surface area contributed by atoms with E-state index in [2.05, 4.69) is 27.6 Å². The van der Waals surface area contributed by atoms with Crippen molar-refractivity contribution in [1.29, 1.82) is 0 Å². The van der Waals surface area contributed by atoms with Crippen molar-refractivity contribution in [3.05, 3.63) is 50.7 Å². The van der Waals surface area contributed by atoms with Gasteiger partial charge in [-0.1, -0.05) is 17.7 Å². The maximum Gasteiger partial charge on any atom is 0.219 e. The van der Waals surface area contributed by atoms with Gasteiger partial charge in [-0.25, -0.2) is 4.98 Å². The van der Waals surface area contributed by atoms with Crippen LogP contribution in [0.15, 0.2) is 36.4 Å². The van der Waals surface area contributed by atoms with E-state index in [1.54, 1.807) is 12.1 Å². The fraction of sp³-hybridized carbons (Fsp3) is 0.0833. The Balaban J connectivity index is 2.24. The molecule has 1 aromatic heterocycles. The van der Waals surface area contributed by atoms with E-state index in [4.69, 9.17) is 21.4 Å². The van der Waals surface area contributed by atoms with Crippen molar-refractivity contribution in [2.45, 2.75) is 6.61 Å². The second kappa shape index (κ2) is 5.66. The molecule has 5 heteroatoms. The number of hydrogen-bond donors (Lipinski definition) is 1. The zero-order valence-corrected chi connectivity index (χ0v) is 11.6. The van der Waals surface area contributed by atoms with Gasteiger partial charge >= 0.3 is 0 Å². The maximum absolute atomic E-state index is 9.05. The molecule has 0 atom stereocenters. The van der Waals surface area contributed by atoms with Gasteiger partial charge in [0.2, 0.25) is 5.88 Å². The lowest BCUT2D eigenvalue weighted by Crippen LogP contribution is -1.94. The van der Waals surface area contributed by atoms with Crippen molar-refractivity contribution in [1.82, 2.24) is 4.98 Å². The highest BCUT2D eigenvalue weighted by Gasteiger charge is 2.04. The summed E-state index contributed by atoms with van der Waals surface area (Å²) < 4.78 is 6.65. The fourth-order valence-corrected chi connectivity index (χ4v) is 1.96. The molecule has 0 unspecified atom stereocenters. The van der Waals surface area contributed by atoms with Crippen LogP contribution in [-0.4, -0.2) is 10.1 Å². The third-order valence-corrected chi connectivity index (χ3v) is 3.08. The van der Waals surface area contributed by atoms with Crippen molar-refractivity contribution >= 4 is 34.2 Å². The van der Waals surface area contributed by atoms with Gasteiger partial charge in [-0.15, -0.1) is 0 Å². The summed E-state index contributed by atoms with van der Waals surface area (Å²) in [5.74, 6) is 1.12. The number of rotatable bonds is 3. The molecule has 17 heavy (non-hydrogen) atoms. The highest BCUT2D eigenvalue weighted by Crippen LogP contribution is 2.24. The van der Waals surface area contributed by atoms with Crippen LogP contribution in [0.2, 0.25) is 5.02 Å². The monoisotopic (exact) mass is 361 g/mol. The van der Waals surface area contributed by atoms with Gasteiger partial charge in [-0.3, -0.25) is 0 Å². The summed E-state index contributed by atoms with van der Waals surface area (Å²) in [7, 11) is 0. The first-order chi connectivity index (χ1) is 8.19. The molecule has 0 bridgehead atoms. The van der Waals surface area contributed by atoms with Crippen molar-refractivity contribution in [3.63, 3.8) is 0 Å². The first kappa shape index (κ1) is 12.6. The van der Waals surface area contributed by atoms with E-state index in [0.29, 0.717) is 22.3 Å². The van der Waals surface area contributed by atoms with Crippen molar-refractivity contribution < 1.29 is 9.84 Å². The number of pyridine rings is 1. The van der Waals surface area contributed by atoms with E-state index in [1.807, 2.05) is 24.3 Å². The van der Waals surface area contributed by atoms with Crippen LogP contribution in [-0.2, 0) is 6.61 Å². The number of aliphatic hydroxyl groups is 1. The lowest BCUT2D eigenvalue weighted by atomic mass is 10.3. The number of hydrogen-bond acceptors (Lipinski definition) is 3. The highest BCUT2D eigenvalue weighted by atomic mass is 127. The highest BCUT2D eigenvalue weighted by molar-refractivity contribution is 14.1. The van der Waals surface area contributed by atoms with Gasteiger partial charge in [-0.05, 0) is 46.9 Å². The summed E-state index contributed by atoms with van der Waals surface area (Å²) in [5.41, 5.74) is 0.412. The molecule has 0 spiro atoms. The van der Waals surface area contributed by atoms with Crippen molar-refractivity contribution in [2.24, 2.45) is 0 Å². The SMILES string of the molecule is OCc1nc(Oc2cccc(I)c2)ccc1Cl. The Bertz CT molecular complexity index is 534. The zero-order chi connectivity index (χ0) is 12.3. The molecule has 3 nitrogen and oxygen atoms in total. The van der Waals surface area contributed by atoms with Gasteiger partial charge in [0, 0.05) is 9.64 Å². The van der Waals surface area contributed by atoms with E-state index in [0.717, 1.165) is 3.57 Å². The lowest BCUT2D eigenvalue weighted by molar-refractivity contribution is 0.275. The van der Waals surface area contributed by atoms with Gasteiger partial charge in [-0.2, -0.15) is 0 Å². The second-order valence-electron chi connectivity index (χ2n) is 3.30. The molecule has 0 amide bonds. The van der Waals surface area contributed by atoms with Gasteiger partial charge < -0.3 is 9.84 Å². The Morgan fingerprint density at radius 1 is 1.29 bits per heavy atom. The largest absolute Gasteiger partial charge is 0.439 e. The average molecular weight is 362 g/mol. The number of benzene rings is 1. The van der Waals surface area contributed by atoms with E-state index >= 15 is 0 Å². The first-order valence-electron chi connectivity index (χ1n) is 4.89. The average Bonchev–Trinajstić information content (AvgIpc) is 2.32. The van der Waals surface area contributed by atoms with Crippen LogP contribution in [0.5, 0.6) is 11.6 Å². The van der Waals surface area contributed by atoms with Gasteiger partial charge in [0.15, 0.2) is 0 Å². The molecule has 1 aromatic carbocycles. The van der Waals surface area contributed by atoms with Crippen LogP contribution < -0.4 is 4.74 Å². The number of halogens is 2. The topological polar surface area (TPSA) is 42.4 Å². The minimum Gasteiger partial charge on any atom is -0.439 e. The number of aromatic nitrogens is 1. The molecule has 0 radical (unpaired) electrons. The smallest absolute Gasteiger partial charge is 0.219 e. The molecule has 0 aliphatic heterocycles. The number of ether oxygens (including phenoxy) is 1. The predicted molar refractivity (Wildman–Crippen MR) is 74.4 cm³/mol.